The van der Waals surface area contributed by atoms with Gasteiger partial charge in [0.2, 0.25) is 6.54 Å². The summed E-state index contributed by atoms with van der Waals surface area (Å²) in [5, 5.41) is 0. The summed E-state index contributed by atoms with van der Waals surface area (Å²) in [6, 6.07) is 5.92. The van der Waals surface area contributed by atoms with Crippen LogP contribution in [0, 0.1) is 56.7 Å². The van der Waals surface area contributed by atoms with Gasteiger partial charge in [-0.3, -0.25) is 0 Å². The average molecular weight is 547 g/mol. The molecular formula is C37H56NO2+. The summed E-state index contributed by atoms with van der Waals surface area (Å²) in [5.74, 6) is 3.63. The molecule has 0 saturated heterocycles. The highest BCUT2D eigenvalue weighted by Crippen LogP contribution is 2.77. The van der Waals surface area contributed by atoms with E-state index in [2.05, 4.69) is 55.0 Å². The lowest BCUT2D eigenvalue weighted by Gasteiger charge is -2.73. The fraction of sp³-hybridized carbons (Fsp3) is 0.784. The van der Waals surface area contributed by atoms with Crippen LogP contribution >= 0.6 is 0 Å². The Kier molecular flexibility index (Phi) is 6.72. The largest absolute Gasteiger partial charge is 0.457 e. The summed E-state index contributed by atoms with van der Waals surface area (Å²) in [4.78, 5) is 13.0. The van der Waals surface area contributed by atoms with Crippen LogP contribution in [0.2, 0.25) is 0 Å². The highest BCUT2D eigenvalue weighted by molar-refractivity contribution is 5.68. The molecule has 0 radical (unpaired) electrons. The van der Waals surface area contributed by atoms with E-state index in [1.165, 1.54) is 63.4 Å². The molecule has 40 heavy (non-hydrogen) atoms. The first kappa shape index (κ1) is 28.5. The van der Waals surface area contributed by atoms with Crippen molar-refractivity contribution >= 4 is 5.97 Å². The van der Waals surface area contributed by atoms with Gasteiger partial charge in [0.1, 0.15) is 6.10 Å². The van der Waals surface area contributed by atoms with Gasteiger partial charge in [0, 0.05) is 17.5 Å². The van der Waals surface area contributed by atoms with E-state index in [1.54, 1.807) is 0 Å². The van der Waals surface area contributed by atoms with Crippen LogP contribution in [-0.4, -0.2) is 12.1 Å². The lowest BCUT2D eigenvalue weighted by atomic mass is 9.32. The van der Waals surface area contributed by atoms with Crippen molar-refractivity contribution in [3.8, 4) is 0 Å². The lowest BCUT2D eigenvalue weighted by molar-refractivity contribution is -0.686. The second-order valence-electron chi connectivity index (χ2n) is 16.7. The molecule has 0 N–H and O–H groups in total. The summed E-state index contributed by atoms with van der Waals surface area (Å²) in [6.07, 6.45) is 17.0. The Morgan fingerprint density at radius 1 is 0.825 bits per heavy atom. The average Bonchev–Trinajstić information content (AvgIpc) is 3.25. The van der Waals surface area contributed by atoms with Gasteiger partial charge in [-0.1, -0.05) is 59.8 Å². The van der Waals surface area contributed by atoms with Crippen molar-refractivity contribution < 1.29 is 14.1 Å². The maximum atomic E-state index is 13.0. The summed E-state index contributed by atoms with van der Waals surface area (Å²) >= 11 is 0. The van der Waals surface area contributed by atoms with E-state index < -0.39 is 0 Å². The number of ether oxygens (including phenoxy) is 1. The summed E-state index contributed by atoms with van der Waals surface area (Å²) < 4.78 is 8.22. The molecule has 0 aliphatic heterocycles. The zero-order chi connectivity index (χ0) is 28.7. The molecule has 5 aliphatic carbocycles. The lowest BCUT2D eigenvalue weighted by Crippen LogP contribution is -2.66. The Morgan fingerprint density at radius 3 is 2.25 bits per heavy atom. The van der Waals surface area contributed by atoms with Crippen LogP contribution in [0.1, 0.15) is 113 Å². The van der Waals surface area contributed by atoms with E-state index in [4.69, 9.17) is 4.74 Å². The second-order valence-corrected chi connectivity index (χ2v) is 16.7. The van der Waals surface area contributed by atoms with Crippen LogP contribution < -0.4 is 4.57 Å². The normalized spacial score (nSPS) is 47.3. The van der Waals surface area contributed by atoms with Gasteiger partial charge >= 0.3 is 5.97 Å². The molecule has 0 spiro atoms. The summed E-state index contributed by atoms with van der Waals surface area (Å²) in [5.41, 5.74) is 3.05. The van der Waals surface area contributed by atoms with E-state index in [1.807, 2.05) is 35.2 Å². The van der Waals surface area contributed by atoms with E-state index in [-0.39, 0.29) is 17.5 Å². The van der Waals surface area contributed by atoms with E-state index in [0.29, 0.717) is 34.1 Å². The van der Waals surface area contributed by atoms with Gasteiger partial charge in [0.15, 0.2) is 12.4 Å². The van der Waals surface area contributed by atoms with Crippen molar-refractivity contribution in [2.45, 2.75) is 125 Å². The number of pyridine rings is 1. The van der Waals surface area contributed by atoms with Gasteiger partial charge < -0.3 is 4.74 Å². The van der Waals surface area contributed by atoms with Gasteiger partial charge in [0.05, 0.1) is 0 Å². The van der Waals surface area contributed by atoms with Crippen molar-refractivity contribution in [1.29, 1.82) is 0 Å². The molecule has 6 rings (SSSR count). The highest BCUT2D eigenvalue weighted by Gasteiger charge is 2.70. The minimum Gasteiger partial charge on any atom is -0.457 e. The van der Waals surface area contributed by atoms with Gasteiger partial charge in [-0.15, -0.1) is 0 Å². The monoisotopic (exact) mass is 546 g/mol. The van der Waals surface area contributed by atoms with Gasteiger partial charge in [0.25, 0.3) is 0 Å². The molecule has 4 unspecified atom stereocenters. The Balaban J connectivity index is 1.25. The van der Waals surface area contributed by atoms with Gasteiger partial charge in [-0.2, -0.15) is 4.57 Å². The number of rotatable bonds is 4. The third-order valence-corrected chi connectivity index (χ3v) is 14.8. The van der Waals surface area contributed by atoms with E-state index >= 15 is 0 Å². The maximum absolute atomic E-state index is 13.0. The predicted octanol–water partition coefficient (Wildman–Crippen LogP) is 8.56. The molecule has 3 heteroatoms. The zero-order valence-corrected chi connectivity index (χ0v) is 26.6. The fourth-order valence-electron chi connectivity index (χ4n) is 12.6. The Morgan fingerprint density at radius 2 is 1.55 bits per heavy atom. The van der Waals surface area contributed by atoms with Gasteiger partial charge in [-0.25, -0.2) is 4.79 Å². The van der Waals surface area contributed by atoms with Crippen LogP contribution in [0.15, 0.2) is 42.7 Å². The molecule has 10 atom stereocenters. The third-order valence-electron chi connectivity index (χ3n) is 14.8. The molecule has 3 nitrogen and oxygen atoms in total. The van der Waals surface area contributed by atoms with Crippen molar-refractivity contribution in [2.75, 3.05) is 0 Å². The first-order valence-corrected chi connectivity index (χ1v) is 16.6. The second kappa shape index (κ2) is 9.43. The van der Waals surface area contributed by atoms with Crippen LogP contribution in [0.4, 0.5) is 0 Å². The first-order chi connectivity index (χ1) is 18.8. The first-order valence-electron chi connectivity index (χ1n) is 16.6. The highest BCUT2D eigenvalue weighted by atomic mass is 16.5. The smallest absolute Gasteiger partial charge is 0.372 e. The number of allylic oxidation sites excluding steroid dienone is 1. The van der Waals surface area contributed by atoms with Crippen molar-refractivity contribution in [1.82, 2.24) is 0 Å². The molecule has 0 bridgehead atoms. The van der Waals surface area contributed by atoms with Gasteiger partial charge in [-0.05, 0) is 122 Å². The molecule has 5 aliphatic rings. The minimum atomic E-state index is -0.0968. The van der Waals surface area contributed by atoms with E-state index in [9.17, 15) is 4.79 Å². The molecule has 1 heterocycles. The Hall–Kier alpha value is -1.64. The number of aromatic nitrogens is 1. The van der Waals surface area contributed by atoms with E-state index in [0.717, 1.165) is 30.1 Å². The molecule has 0 amide bonds. The number of carbonyl (C=O) groups excluding carboxylic acids is 1. The zero-order valence-electron chi connectivity index (χ0n) is 26.6. The Bertz CT molecular complexity index is 1160. The van der Waals surface area contributed by atoms with Crippen LogP contribution in [0.3, 0.4) is 0 Å². The maximum Gasteiger partial charge on any atom is 0.372 e. The SMILES string of the molecule is C=C(C)[C@@H]1CC[C@]2(C)CC[C@]3(C)C(CCC4[C@@]5(C)CC[C@H](OC(=O)C[n+]6ccccc6)C(C)(C)C5CC[C@]43C)C12. The van der Waals surface area contributed by atoms with Crippen molar-refractivity contribution in [3.05, 3.63) is 42.7 Å². The quantitative estimate of drug-likeness (QED) is 0.215. The number of fused-ring (bicyclic) bond motifs is 7. The minimum absolute atomic E-state index is 0.00358. The molecule has 1 aromatic heterocycles. The predicted molar refractivity (Wildman–Crippen MR) is 161 cm³/mol. The molecule has 5 fully saturated rings. The topological polar surface area (TPSA) is 30.2 Å². The van der Waals surface area contributed by atoms with Crippen LogP contribution in [0.5, 0.6) is 0 Å². The standard InChI is InChI=1S/C37H56NO2/c1-25(2)26-14-17-34(5)20-21-36(7)27(32(26)34)12-13-29-35(6)18-16-30(33(3,4)28(35)15-19-37(29,36)8)40-31(39)24-38-22-10-9-11-23-38/h9-11,22-23,26-30,32H,1,12-21,24H2,2-8H3/q+1/t26-,27?,28?,29?,30-,32?,34+,35-,36+,37+/m0/s1. The van der Waals surface area contributed by atoms with Crippen LogP contribution in [-0.2, 0) is 16.1 Å². The summed E-state index contributed by atoms with van der Waals surface area (Å²) in [6.45, 7) is 22.7. The summed E-state index contributed by atoms with van der Waals surface area (Å²) in [7, 11) is 0. The van der Waals surface area contributed by atoms with Crippen molar-refractivity contribution in [2.24, 2.45) is 56.7 Å². The molecule has 220 valence electrons. The molecule has 1 aromatic rings. The number of carbonyl (C=O) groups is 1. The van der Waals surface area contributed by atoms with Crippen molar-refractivity contribution in [3.63, 3.8) is 0 Å². The molecule has 0 aromatic carbocycles. The number of nitrogens with zero attached hydrogens (tertiary/aromatic N) is 1. The Labute approximate surface area is 244 Å². The fourth-order valence-corrected chi connectivity index (χ4v) is 12.6. The number of esters is 1. The van der Waals surface area contributed by atoms with Crippen LogP contribution in [0.25, 0.3) is 0 Å². The molecular weight excluding hydrogens is 490 g/mol. The molecule has 5 saturated carbocycles. The number of hydrogen-bond acceptors (Lipinski definition) is 2. The third kappa shape index (κ3) is 3.94. The number of hydrogen-bond donors (Lipinski definition) is 0.